The molecule has 0 saturated heterocycles. The summed E-state index contributed by atoms with van der Waals surface area (Å²) in [7, 11) is 0. The highest BCUT2D eigenvalue weighted by atomic mass is 19.2. The normalized spacial score (nSPS) is 24.5. The molecule has 0 radical (unpaired) electrons. The lowest BCUT2D eigenvalue weighted by Crippen LogP contribution is -2.24. The summed E-state index contributed by atoms with van der Waals surface area (Å²) in [5.41, 5.74) is -0.715. The van der Waals surface area contributed by atoms with Gasteiger partial charge in [0, 0.05) is 11.1 Å². The quantitative estimate of drug-likeness (QED) is 0.326. The lowest BCUT2D eigenvalue weighted by Gasteiger charge is -2.32. The maximum atomic E-state index is 14.8. The minimum Gasteiger partial charge on any atom is -0.491 e. The molecule has 0 bridgehead atoms. The summed E-state index contributed by atoms with van der Waals surface area (Å²) >= 11 is 0. The van der Waals surface area contributed by atoms with E-state index >= 15 is 0 Å². The van der Waals surface area contributed by atoms with Crippen molar-refractivity contribution in [3.63, 3.8) is 0 Å². The number of benzene rings is 2. The molecule has 2 aromatic carbocycles. The van der Waals surface area contributed by atoms with Crippen LogP contribution in [0.1, 0.15) is 71.6 Å². The molecule has 2 aromatic rings. The Morgan fingerprint density at radius 1 is 0.657 bits per heavy atom. The van der Waals surface area contributed by atoms with E-state index in [4.69, 9.17) is 9.47 Å². The van der Waals surface area contributed by atoms with E-state index in [1.807, 2.05) is 0 Å². The van der Waals surface area contributed by atoms with Crippen molar-refractivity contribution in [3.05, 3.63) is 47.5 Å². The van der Waals surface area contributed by atoms with Crippen molar-refractivity contribution >= 4 is 0 Å². The van der Waals surface area contributed by atoms with Gasteiger partial charge in [0.25, 0.3) is 0 Å². The number of ether oxygens (including phenoxy) is 2. The highest BCUT2D eigenvalue weighted by Crippen LogP contribution is 2.44. The first-order valence-corrected chi connectivity index (χ1v) is 13.1. The van der Waals surface area contributed by atoms with Gasteiger partial charge in [-0.2, -0.15) is 8.78 Å². The summed E-state index contributed by atoms with van der Waals surface area (Å²) < 4.78 is 69.0. The smallest absolute Gasteiger partial charge is 0.201 e. The number of rotatable bonds is 9. The van der Waals surface area contributed by atoms with Crippen molar-refractivity contribution in [1.29, 1.82) is 0 Å². The lowest BCUT2D eigenvalue weighted by atomic mass is 9.75. The second-order valence-corrected chi connectivity index (χ2v) is 10.2. The Balaban J connectivity index is 1.34. The van der Waals surface area contributed by atoms with Crippen molar-refractivity contribution in [2.45, 2.75) is 71.6 Å². The largest absolute Gasteiger partial charge is 0.491 e. The molecule has 0 heterocycles. The molecule has 2 aliphatic carbocycles. The van der Waals surface area contributed by atoms with Crippen LogP contribution in [-0.4, -0.2) is 13.2 Å². The third-order valence-electron chi connectivity index (χ3n) is 8.00. The molecule has 0 N–H and O–H groups in total. The van der Waals surface area contributed by atoms with E-state index in [1.54, 1.807) is 6.92 Å². The van der Waals surface area contributed by atoms with Gasteiger partial charge in [-0.25, -0.2) is 8.78 Å². The Morgan fingerprint density at radius 2 is 1.20 bits per heavy atom. The van der Waals surface area contributed by atoms with Crippen molar-refractivity contribution in [2.75, 3.05) is 13.2 Å². The fraction of sp³-hybridized carbons (Fsp3) is 0.586. The van der Waals surface area contributed by atoms with Gasteiger partial charge in [0.05, 0.1) is 13.2 Å². The molecule has 4 rings (SSSR count). The average Bonchev–Trinajstić information content (AvgIpc) is 3.33. The first-order valence-electron chi connectivity index (χ1n) is 13.1. The first kappa shape index (κ1) is 25.8. The van der Waals surface area contributed by atoms with Crippen LogP contribution in [0.4, 0.5) is 17.6 Å². The molecule has 0 amide bonds. The van der Waals surface area contributed by atoms with Crippen LogP contribution in [0.25, 0.3) is 11.1 Å². The van der Waals surface area contributed by atoms with Gasteiger partial charge < -0.3 is 9.47 Å². The van der Waals surface area contributed by atoms with Gasteiger partial charge in [-0.3, -0.25) is 0 Å². The molecule has 0 spiro atoms. The molecular formula is C29H36F4O2. The van der Waals surface area contributed by atoms with Gasteiger partial charge in [-0.15, -0.1) is 0 Å². The summed E-state index contributed by atoms with van der Waals surface area (Å²) in [6.07, 6.45) is 11.1. The molecule has 2 unspecified atom stereocenters. The van der Waals surface area contributed by atoms with Crippen LogP contribution in [0.5, 0.6) is 11.5 Å². The topological polar surface area (TPSA) is 18.5 Å². The summed E-state index contributed by atoms with van der Waals surface area (Å²) in [5.74, 6) is -2.54. The Morgan fingerprint density at radius 3 is 1.77 bits per heavy atom. The van der Waals surface area contributed by atoms with Crippen LogP contribution < -0.4 is 9.47 Å². The lowest BCUT2D eigenvalue weighted by molar-refractivity contribution is 0.150. The van der Waals surface area contributed by atoms with Crippen molar-refractivity contribution in [2.24, 2.45) is 23.7 Å². The molecule has 2 nitrogen and oxygen atoms in total. The van der Waals surface area contributed by atoms with Crippen molar-refractivity contribution in [1.82, 2.24) is 0 Å². The van der Waals surface area contributed by atoms with Crippen LogP contribution in [0.15, 0.2) is 24.3 Å². The number of halogens is 4. The van der Waals surface area contributed by atoms with Gasteiger partial charge in [-0.05, 0) is 93.4 Å². The summed E-state index contributed by atoms with van der Waals surface area (Å²) in [5, 5.41) is 0. The number of hydrogen-bond donors (Lipinski definition) is 0. The monoisotopic (exact) mass is 492 g/mol. The van der Waals surface area contributed by atoms with E-state index < -0.39 is 23.3 Å². The highest BCUT2D eigenvalue weighted by molar-refractivity contribution is 5.67. The Labute approximate surface area is 206 Å². The predicted molar refractivity (Wildman–Crippen MR) is 130 cm³/mol. The van der Waals surface area contributed by atoms with E-state index in [-0.39, 0.29) is 29.2 Å². The molecule has 2 saturated carbocycles. The van der Waals surface area contributed by atoms with E-state index in [9.17, 15) is 17.6 Å². The zero-order valence-corrected chi connectivity index (χ0v) is 20.7. The van der Waals surface area contributed by atoms with Gasteiger partial charge in [0.15, 0.2) is 23.1 Å². The minimum absolute atomic E-state index is 0.159. The zero-order valence-electron chi connectivity index (χ0n) is 20.7. The highest BCUT2D eigenvalue weighted by Gasteiger charge is 2.33. The third kappa shape index (κ3) is 5.78. The molecular weight excluding hydrogens is 456 g/mol. The summed E-state index contributed by atoms with van der Waals surface area (Å²) in [6.45, 7) is 4.39. The van der Waals surface area contributed by atoms with Gasteiger partial charge in [-0.1, -0.05) is 26.2 Å². The Hall–Kier alpha value is -2.24. The molecule has 35 heavy (non-hydrogen) atoms. The van der Waals surface area contributed by atoms with Gasteiger partial charge in [0.2, 0.25) is 11.6 Å². The number of hydrogen-bond acceptors (Lipinski definition) is 2. The van der Waals surface area contributed by atoms with Crippen molar-refractivity contribution in [3.8, 4) is 22.6 Å². The van der Waals surface area contributed by atoms with Crippen LogP contribution in [-0.2, 0) is 0 Å². The second kappa shape index (κ2) is 11.7. The fourth-order valence-corrected chi connectivity index (χ4v) is 6.10. The van der Waals surface area contributed by atoms with E-state index in [2.05, 4.69) is 6.92 Å². The zero-order chi connectivity index (χ0) is 24.9. The third-order valence-corrected chi connectivity index (χ3v) is 8.00. The Kier molecular flexibility index (Phi) is 8.61. The molecule has 0 aromatic heterocycles. The van der Waals surface area contributed by atoms with E-state index in [0.29, 0.717) is 12.5 Å². The first-order chi connectivity index (χ1) is 16.9. The van der Waals surface area contributed by atoms with E-state index in [1.165, 1.54) is 69.2 Å². The fourth-order valence-electron chi connectivity index (χ4n) is 6.10. The second-order valence-electron chi connectivity index (χ2n) is 10.2. The van der Waals surface area contributed by atoms with Crippen LogP contribution in [0.3, 0.4) is 0 Å². The van der Waals surface area contributed by atoms with Crippen LogP contribution >= 0.6 is 0 Å². The molecule has 192 valence electrons. The van der Waals surface area contributed by atoms with Crippen LogP contribution in [0, 0.1) is 46.9 Å². The molecule has 2 aliphatic rings. The van der Waals surface area contributed by atoms with Gasteiger partial charge in [0.1, 0.15) is 0 Å². The minimum atomic E-state index is -1.28. The Bertz CT molecular complexity index is 1000. The van der Waals surface area contributed by atoms with E-state index in [0.717, 1.165) is 30.6 Å². The predicted octanol–water partition coefficient (Wildman–Crippen LogP) is 8.71. The summed E-state index contributed by atoms with van der Waals surface area (Å²) in [4.78, 5) is 0. The van der Waals surface area contributed by atoms with Crippen molar-refractivity contribution < 1.29 is 27.0 Å². The summed E-state index contributed by atoms with van der Waals surface area (Å²) in [6, 6.07) is 4.93. The molecule has 6 heteroatoms. The average molecular weight is 493 g/mol. The van der Waals surface area contributed by atoms with Crippen LogP contribution in [0.2, 0.25) is 0 Å². The standard InChI is InChI=1S/C29H36F4O2/c1-3-5-18-6-11-21(16-18)20-9-7-19(8-10-20)17-35-25-15-13-23(27(31)29(25)33)22-12-14-24(34-4-2)28(32)26(22)30/h12-15,18-21H,3-11,16-17H2,1-2H3. The molecule has 2 atom stereocenters. The maximum absolute atomic E-state index is 14.8. The molecule has 2 fully saturated rings. The SMILES string of the molecule is CCCC1CCC(C2CCC(COc3ccc(-c4ccc(OCC)c(F)c4F)c(F)c3F)CC2)C1. The maximum Gasteiger partial charge on any atom is 0.201 e. The van der Waals surface area contributed by atoms with Gasteiger partial charge >= 0.3 is 0 Å². The molecule has 0 aliphatic heterocycles.